The zero-order chi connectivity index (χ0) is 21.4. The van der Waals surface area contributed by atoms with Gasteiger partial charge in [0.1, 0.15) is 5.82 Å². The van der Waals surface area contributed by atoms with Gasteiger partial charge in [-0.25, -0.2) is 4.39 Å². The Kier molecular flexibility index (Phi) is 5.44. The number of nitrogens with zero attached hydrogens (tertiary/aromatic N) is 3. The van der Waals surface area contributed by atoms with Gasteiger partial charge in [0.05, 0.1) is 5.69 Å². The van der Waals surface area contributed by atoms with E-state index >= 15 is 0 Å². The zero-order valence-corrected chi connectivity index (χ0v) is 17.6. The van der Waals surface area contributed by atoms with Crippen molar-refractivity contribution >= 4 is 11.0 Å². The quantitative estimate of drug-likeness (QED) is 0.450. The largest absolute Gasteiger partial charge is 0.494 e. The molecule has 2 N–H and O–H groups in total. The molecule has 1 fully saturated rings. The van der Waals surface area contributed by atoms with Crippen molar-refractivity contribution in [2.75, 3.05) is 19.6 Å². The standard InChI is InChI=1S/C24H28FN3O3/c25-17-7-8-20-21(15-17)31-26-22(20)16-9-13-27(14-10-16)11-3-4-12-28-23(29)18-5-1-2-6-19(18)24(28)30/h1-2,7-8,15-16,29-30H,3-6,9-14H2. The second-order valence-corrected chi connectivity index (χ2v) is 8.67. The van der Waals surface area contributed by atoms with Gasteiger partial charge in [0.15, 0.2) is 17.3 Å². The third-order valence-corrected chi connectivity index (χ3v) is 6.77. The summed E-state index contributed by atoms with van der Waals surface area (Å²) in [6.07, 6.45) is 9.39. The molecule has 0 unspecified atom stereocenters. The van der Waals surface area contributed by atoms with E-state index in [-0.39, 0.29) is 17.6 Å². The van der Waals surface area contributed by atoms with E-state index in [1.165, 1.54) is 12.1 Å². The lowest BCUT2D eigenvalue weighted by Crippen LogP contribution is -2.33. The predicted molar refractivity (Wildman–Crippen MR) is 116 cm³/mol. The fourth-order valence-electron chi connectivity index (χ4n) is 5.00. The molecule has 0 bridgehead atoms. The number of rotatable bonds is 6. The minimum Gasteiger partial charge on any atom is -0.494 e. The highest BCUT2D eigenvalue weighted by molar-refractivity contribution is 5.79. The molecule has 1 aliphatic carbocycles. The van der Waals surface area contributed by atoms with Crippen LogP contribution in [0.2, 0.25) is 0 Å². The third kappa shape index (κ3) is 3.83. The molecule has 0 spiro atoms. The molecule has 3 heterocycles. The molecule has 7 heteroatoms. The lowest BCUT2D eigenvalue weighted by molar-refractivity contribution is 0.204. The number of piperidine rings is 1. The van der Waals surface area contributed by atoms with Gasteiger partial charge in [-0.15, -0.1) is 0 Å². The lowest BCUT2D eigenvalue weighted by atomic mass is 9.91. The Morgan fingerprint density at radius 2 is 1.68 bits per heavy atom. The average Bonchev–Trinajstić information content (AvgIpc) is 3.31. The van der Waals surface area contributed by atoms with Crippen LogP contribution in [0.1, 0.15) is 48.4 Å². The molecule has 0 atom stereocenters. The minimum atomic E-state index is -0.302. The van der Waals surface area contributed by atoms with E-state index in [1.807, 2.05) is 12.2 Å². The Bertz CT molecular complexity index is 1080. The van der Waals surface area contributed by atoms with Crippen LogP contribution in [0, 0.1) is 5.82 Å². The van der Waals surface area contributed by atoms with Crippen molar-refractivity contribution < 1.29 is 19.1 Å². The van der Waals surface area contributed by atoms with E-state index in [1.54, 1.807) is 10.6 Å². The van der Waals surface area contributed by atoms with E-state index in [2.05, 4.69) is 10.1 Å². The molecule has 0 radical (unpaired) electrons. The number of aromatic nitrogens is 2. The number of unbranched alkanes of at least 4 members (excludes halogenated alkanes) is 1. The van der Waals surface area contributed by atoms with Crippen LogP contribution in [-0.2, 0) is 19.4 Å². The molecule has 5 rings (SSSR count). The fraction of sp³-hybridized carbons (Fsp3) is 0.458. The van der Waals surface area contributed by atoms with E-state index in [0.29, 0.717) is 30.9 Å². The number of likely N-dealkylation sites (tertiary alicyclic amines) is 1. The van der Waals surface area contributed by atoms with Gasteiger partial charge >= 0.3 is 0 Å². The van der Waals surface area contributed by atoms with Crippen LogP contribution in [0.15, 0.2) is 34.9 Å². The lowest BCUT2D eigenvalue weighted by Gasteiger charge is -2.31. The Hall–Kier alpha value is -2.80. The van der Waals surface area contributed by atoms with Gasteiger partial charge in [-0.05, 0) is 70.3 Å². The summed E-state index contributed by atoms with van der Waals surface area (Å²) in [5.74, 6) is 0.481. The molecule has 1 aromatic carbocycles. The number of hydrogen-bond acceptors (Lipinski definition) is 5. The van der Waals surface area contributed by atoms with Crippen molar-refractivity contribution in [1.82, 2.24) is 14.6 Å². The van der Waals surface area contributed by atoms with E-state index in [9.17, 15) is 14.6 Å². The van der Waals surface area contributed by atoms with Crippen molar-refractivity contribution in [1.29, 1.82) is 0 Å². The van der Waals surface area contributed by atoms with Crippen molar-refractivity contribution in [2.45, 2.75) is 51.0 Å². The number of allylic oxidation sites excluding steroid dienone is 2. The Balaban J connectivity index is 1.11. The van der Waals surface area contributed by atoms with Gasteiger partial charge in [0.2, 0.25) is 0 Å². The van der Waals surface area contributed by atoms with Crippen molar-refractivity contribution in [3.63, 3.8) is 0 Å². The maximum absolute atomic E-state index is 13.4. The highest BCUT2D eigenvalue weighted by Gasteiger charge is 2.25. The Morgan fingerprint density at radius 3 is 2.39 bits per heavy atom. The maximum atomic E-state index is 13.4. The van der Waals surface area contributed by atoms with Crippen LogP contribution in [-0.4, -0.2) is 44.5 Å². The molecule has 31 heavy (non-hydrogen) atoms. The van der Waals surface area contributed by atoms with Gasteiger partial charge < -0.3 is 19.6 Å². The number of halogens is 1. The highest BCUT2D eigenvalue weighted by Crippen LogP contribution is 2.37. The number of aromatic hydroxyl groups is 2. The molecule has 2 aliphatic rings. The summed E-state index contributed by atoms with van der Waals surface area (Å²) in [6, 6.07) is 4.63. The molecular formula is C24H28FN3O3. The van der Waals surface area contributed by atoms with Crippen molar-refractivity contribution in [3.05, 3.63) is 53.0 Å². The molecule has 164 valence electrons. The van der Waals surface area contributed by atoms with E-state index in [0.717, 1.165) is 67.5 Å². The first-order chi connectivity index (χ1) is 15.1. The predicted octanol–water partition coefficient (Wildman–Crippen LogP) is 4.49. The summed E-state index contributed by atoms with van der Waals surface area (Å²) >= 11 is 0. The first kappa shape index (κ1) is 20.1. The van der Waals surface area contributed by atoms with Crippen LogP contribution in [0.4, 0.5) is 4.39 Å². The third-order valence-electron chi connectivity index (χ3n) is 6.77. The van der Waals surface area contributed by atoms with E-state index in [4.69, 9.17) is 4.52 Å². The number of hydrogen-bond donors (Lipinski definition) is 2. The molecule has 6 nitrogen and oxygen atoms in total. The molecule has 3 aromatic rings. The van der Waals surface area contributed by atoms with Crippen LogP contribution in [0.25, 0.3) is 11.0 Å². The van der Waals surface area contributed by atoms with Crippen molar-refractivity contribution in [3.8, 4) is 11.8 Å². The summed E-state index contributed by atoms with van der Waals surface area (Å²) in [5.41, 5.74) is 3.20. The van der Waals surface area contributed by atoms with Crippen LogP contribution < -0.4 is 0 Å². The average molecular weight is 426 g/mol. The van der Waals surface area contributed by atoms with Crippen LogP contribution >= 0.6 is 0 Å². The monoisotopic (exact) mass is 425 g/mol. The fourth-order valence-corrected chi connectivity index (χ4v) is 5.00. The summed E-state index contributed by atoms with van der Waals surface area (Å²) < 4.78 is 20.4. The SMILES string of the molecule is Oc1c2c(c(O)n1CCCCN1CCC(c3noc4cc(F)ccc34)CC1)CC=CC2. The second-order valence-electron chi connectivity index (χ2n) is 8.67. The summed E-state index contributed by atoms with van der Waals surface area (Å²) in [7, 11) is 0. The molecule has 0 amide bonds. The maximum Gasteiger partial charge on any atom is 0.197 e. The van der Waals surface area contributed by atoms with Gasteiger partial charge in [0, 0.05) is 35.0 Å². The molecule has 1 aliphatic heterocycles. The second kappa shape index (κ2) is 8.38. The molecule has 2 aromatic heterocycles. The van der Waals surface area contributed by atoms with E-state index < -0.39 is 0 Å². The molecular weight excluding hydrogens is 397 g/mol. The summed E-state index contributed by atoms with van der Waals surface area (Å²) in [6.45, 7) is 3.63. The first-order valence-electron chi connectivity index (χ1n) is 11.2. The first-order valence-corrected chi connectivity index (χ1v) is 11.2. The summed E-state index contributed by atoms with van der Waals surface area (Å²) in [5, 5.41) is 26.0. The molecule has 1 saturated heterocycles. The Labute approximate surface area is 180 Å². The van der Waals surface area contributed by atoms with Crippen LogP contribution in [0.5, 0.6) is 11.8 Å². The zero-order valence-electron chi connectivity index (χ0n) is 17.6. The number of fused-ring (bicyclic) bond motifs is 2. The van der Waals surface area contributed by atoms with Gasteiger partial charge in [-0.3, -0.25) is 4.57 Å². The highest BCUT2D eigenvalue weighted by atomic mass is 19.1. The smallest absolute Gasteiger partial charge is 0.197 e. The van der Waals surface area contributed by atoms with Gasteiger partial charge in [-0.1, -0.05) is 17.3 Å². The molecule has 0 saturated carbocycles. The summed E-state index contributed by atoms with van der Waals surface area (Å²) in [4.78, 5) is 2.46. The Morgan fingerprint density at radius 1 is 1.00 bits per heavy atom. The van der Waals surface area contributed by atoms with Gasteiger partial charge in [-0.2, -0.15) is 0 Å². The van der Waals surface area contributed by atoms with Crippen molar-refractivity contribution in [2.24, 2.45) is 0 Å². The normalized spacial score (nSPS) is 17.5. The number of benzene rings is 1. The topological polar surface area (TPSA) is 74.7 Å². The van der Waals surface area contributed by atoms with Crippen LogP contribution in [0.3, 0.4) is 0 Å². The van der Waals surface area contributed by atoms with Gasteiger partial charge in [0.25, 0.3) is 0 Å². The minimum absolute atomic E-state index is 0.220.